The maximum atomic E-state index is 13.4. The molecule has 0 aromatic carbocycles. The van der Waals surface area contributed by atoms with Gasteiger partial charge in [0.2, 0.25) is 5.91 Å². The molecule has 0 spiro atoms. The van der Waals surface area contributed by atoms with Crippen LogP contribution in [0.4, 0.5) is 0 Å². The zero-order valence-corrected chi connectivity index (χ0v) is 31.5. The van der Waals surface area contributed by atoms with E-state index in [0.717, 1.165) is 73.4 Å². The third kappa shape index (κ3) is 7.22. The van der Waals surface area contributed by atoms with E-state index in [1.54, 1.807) is 19.1 Å². The molecule has 276 valence electrons. The Hall–Kier alpha value is -4.58. The van der Waals surface area contributed by atoms with Gasteiger partial charge in [0.25, 0.3) is 0 Å². The zero-order chi connectivity index (χ0) is 37.1. The molecule has 3 aliphatic rings. The van der Waals surface area contributed by atoms with Gasteiger partial charge >= 0.3 is 5.97 Å². The minimum absolute atomic E-state index is 0.0110. The summed E-state index contributed by atoms with van der Waals surface area (Å²) in [5, 5.41) is 0. The standard InChI is InChI=1S/C41H51N5O6/c1-9-27-23(3)31-19-33-25(5)29(11-12-37(47)46(7)13-14-50-17-18-51-16-15-49-8)39(44-33)30-22-52-41(48)38-26(6)34(45-40(30)38)21-36-28(10-2)24(4)32(43-36)20-35(27)42-31/h9,19-21,25,29,42-43H,1,10-18,22H2,2-8H3. The highest BCUT2D eigenvalue weighted by molar-refractivity contribution is 6.26. The molecule has 3 aromatic heterocycles. The fraction of sp³-hybridized carbons (Fsp3) is 0.463. The third-order valence-corrected chi connectivity index (χ3v) is 10.8. The van der Waals surface area contributed by atoms with Crippen molar-refractivity contribution in [2.75, 3.05) is 53.7 Å². The van der Waals surface area contributed by atoms with Crippen LogP contribution in [0.15, 0.2) is 24.8 Å². The second kappa shape index (κ2) is 16.0. The van der Waals surface area contributed by atoms with E-state index in [1.807, 2.05) is 19.1 Å². The molecular formula is C41H51N5O6. The molecule has 1 amide bonds. The predicted octanol–water partition coefficient (Wildman–Crippen LogP) is 6.93. The Balaban J connectivity index is 1.41. The van der Waals surface area contributed by atoms with Crippen molar-refractivity contribution in [2.45, 2.75) is 72.3 Å². The largest absolute Gasteiger partial charge is 0.457 e. The maximum absolute atomic E-state index is 13.4. The zero-order valence-electron chi connectivity index (χ0n) is 31.5. The molecule has 6 rings (SSSR count). The van der Waals surface area contributed by atoms with Crippen LogP contribution in [0.3, 0.4) is 0 Å². The Bertz CT molecular complexity index is 2070. The van der Waals surface area contributed by atoms with Crippen molar-refractivity contribution in [1.82, 2.24) is 24.8 Å². The van der Waals surface area contributed by atoms with Crippen molar-refractivity contribution in [2.24, 2.45) is 0 Å². The van der Waals surface area contributed by atoms with Gasteiger partial charge in [0.05, 0.1) is 55.7 Å². The first-order valence-corrected chi connectivity index (χ1v) is 18.2. The SMILES string of the molecule is C=Cc1c(C)c2cc3nc(c4c5nc(cc6[nH]c(cc1[nH]2)c(C)c6CC)C(C)=C5C(=O)OC4)C(CCC(=O)N(C)CCOCCOCCOC)C3C. The monoisotopic (exact) mass is 709 g/mol. The summed E-state index contributed by atoms with van der Waals surface area (Å²) in [6.45, 7) is 17.6. The Morgan fingerprint density at radius 2 is 1.71 bits per heavy atom. The summed E-state index contributed by atoms with van der Waals surface area (Å²) in [4.78, 5) is 46.1. The van der Waals surface area contributed by atoms with E-state index < -0.39 is 0 Å². The number of carbonyl (C=O) groups is 2. The van der Waals surface area contributed by atoms with Gasteiger partial charge in [0, 0.05) is 77.8 Å². The van der Waals surface area contributed by atoms with E-state index in [1.165, 1.54) is 5.56 Å². The van der Waals surface area contributed by atoms with Gasteiger partial charge in [-0.1, -0.05) is 26.5 Å². The van der Waals surface area contributed by atoms with Crippen molar-refractivity contribution >= 4 is 51.2 Å². The highest BCUT2D eigenvalue weighted by Gasteiger charge is 2.38. The molecule has 2 N–H and O–H groups in total. The topological polar surface area (TPSA) is 132 Å². The van der Waals surface area contributed by atoms with Gasteiger partial charge in [-0.2, -0.15) is 0 Å². The van der Waals surface area contributed by atoms with Gasteiger partial charge < -0.3 is 33.8 Å². The molecular weight excluding hydrogens is 658 g/mol. The minimum atomic E-state index is -0.376. The number of ether oxygens (including phenoxy) is 4. The Morgan fingerprint density at radius 3 is 2.44 bits per heavy atom. The van der Waals surface area contributed by atoms with Crippen molar-refractivity contribution < 1.29 is 28.5 Å². The number of rotatable bonds is 14. The fourth-order valence-corrected chi connectivity index (χ4v) is 7.52. The van der Waals surface area contributed by atoms with E-state index in [4.69, 9.17) is 28.9 Å². The summed E-state index contributed by atoms with van der Waals surface area (Å²) in [5.41, 5.74) is 13.5. The first kappa shape index (κ1) is 37.2. The summed E-state index contributed by atoms with van der Waals surface area (Å²) in [7, 11) is 3.44. The van der Waals surface area contributed by atoms with Gasteiger partial charge in [-0.15, -0.1) is 0 Å². The number of carbonyl (C=O) groups excluding carboxylic acids is 2. The van der Waals surface area contributed by atoms with E-state index in [0.29, 0.717) is 63.7 Å². The van der Waals surface area contributed by atoms with Crippen LogP contribution in [0.1, 0.15) is 96.0 Å². The number of esters is 1. The van der Waals surface area contributed by atoms with Crippen molar-refractivity contribution in [1.29, 1.82) is 0 Å². The molecule has 2 atom stereocenters. The Kier molecular flexibility index (Phi) is 11.4. The van der Waals surface area contributed by atoms with E-state index in [-0.39, 0.29) is 30.3 Å². The molecule has 0 saturated heterocycles. The first-order valence-electron chi connectivity index (χ1n) is 18.2. The molecule has 0 fully saturated rings. The molecule has 8 bridgehead atoms. The number of amides is 1. The smallest absolute Gasteiger partial charge is 0.341 e. The number of fused-ring (bicyclic) bond motifs is 8. The van der Waals surface area contributed by atoms with Crippen LogP contribution in [-0.2, 0) is 41.6 Å². The number of aryl methyl sites for hydroxylation is 3. The molecule has 3 aliphatic heterocycles. The Morgan fingerprint density at radius 1 is 1.00 bits per heavy atom. The predicted molar refractivity (Wildman–Crippen MR) is 204 cm³/mol. The van der Waals surface area contributed by atoms with Crippen LogP contribution in [-0.4, -0.2) is 90.4 Å². The van der Waals surface area contributed by atoms with Crippen molar-refractivity contribution in [3.05, 3.63) is 75.4 Å². The number of nitrogens with zero attached hydrogens (tertiary/aromatic N) is 3. The van der Waals surface area contributed by atoms with Crippen molar-refractivity contribution in [3.63, 3.8) is 0 Å². The molecule has 11 heteroatoms. The molecule has 11 nitrogen and oxygen atoms in total. The highest BCUT2D eigenvalue weighted by atomic mass is 16.5. The summed E-state index contributed by atoms with van der Waals surface area (Å²) >= 11 is 0. The van der Waals surface area contributed by atoms with Crippen LogP contribution < -0.4 is 0 Å². The second-order valence-corrected chi connectivity index (χ2v) is 13.8. The molecule has 0 radical (unpaired) electrons. The molecule has 3 aromatic rings. The summed E-state index contributed by atoms with van der Waals surface area (Å²) in [6, 6.07) is 6.30. The van der Waals surface area contributed by atoms with Crippen LogP contribution in [0, 0.1) is 13.8 Å². The highest BCUT2D eigenvalue weighted by Crippen LogP contribution is 2.45. The quantitative estimate of drug-likeness (QED) is 0.136. The summed E-state index contributed by atoms with van der Waals surface area (Å²) in [6.07, 6.45) is 3.63. The summed E-state index contributed by atoms with van der Waals surface area (Å²) in [5.74, 6) is -0.447. The average Bonchev–Trinajstić information content (AvgIpc) is 3.81. The molecule has 6 heterocycles. The molecule has 2 unspecified atom stereocenters. The number of aromatic amines is 2. The average molecular weight is 710 g/mol. The molecule has 0 saturated carbocycles. The second-order valence-electron chi connectivity index (χ2n) is 13.8. The number of allylic oxidation sites excluding steroid dienone is 1. The van der Waals surface area contributed by atoms with Gasteiger partial charge in [0.15, 0.2) is 0 Å². The van der Waals surface area contributed by atoms with E-state index in [2.05, 4.69) is 56.4 Å². The Labute approximate surface area is 305 Å². The van der Waals surface area contributed by atoms with E-state index >= 15 is 0 Å². The summed E-state index contributed by atoms with van der Waals surface area (Å²) < 4.78 is 21.9. The number of likely N-dealkylation sites (N-methyl/N-ethyl adjacent to an activating group) is 1. The fourth-order valence-electron chi connectivity index (χ4n) is 7.52. The van der Waals surface area contributed by atoms with Crippen LogP contribution in [0.25, 0.3) is 39.3 Å². The van der Waals surface area contributed by atoms with Crippen LogP contribution in [0.5, 0.6) is 0 Å². The van der Waals surface area contributed by atoms with Gasteiger partial charge in [-0.3, -0.25) is 9.78 Å². The lowest BCUT2D eigenvalue weighted by atomic mass is 9.84. The molecule has 52 heavy (non-hydrogen) atoms. The van der Waals surface area contributed by atoms with Crippen molar-refractivity contribution in [3.8, 4) is 0 Å². The number of cyclic esters (lactones) is 1. The lowest BCUT2D eigenvalue weighted by molar-refractivity contribution is -0.138. The van der Waals surface area contributed by atoms with Gasteiger partial charge in [-0.05, 0) is 74.1 Å². The van der Waals surface area contributed by atoms with Gasteiger partial charge in [-0.25, -0.2) is 9.78 Å². The third-order valence-electron chi connectivity index (χ3n) is 10.8. The number of nitrogens with one attached hydrogen (secondary N) is 2. The molecule has 0 aliphatic carbocycles. The van der Waals surface area contributed by atoms with Gasteiger partial charge in [0.1, 0.15) is 6.61 Å². The van der Waals surface area contributed by atoms with Crippen LogP contribution in [0.2, 0.25) is 0 Å². The number of hydrogen-bond acceptors (Lipinski definition) is 8. The number of H-pyrrole nitrogens is 2. The number of aromatic nitrogens is 4. The normalized spacial score (nSPS) is 16.7. The first-order chi connectivity index (χ1) is 25.1. The lowest BCUT2D eigenvalue weighted by Gasteiger charge is -2.22. The minimum Gasteiger partial charge on any atom is -0.457 e. The number of methoxy groups -OCH3 is 1. The lowest BCUT2D eigenvalue weighted by Crippen LogP contribution is -2.30. The maximum Gasteiger partial charge on any atom is 0.341 e. The number of hydrogen-bond donors (Lipinski definition) is 2. The van der Waals surface area contributed by atoms with E-state index in [9.17, 15) is 9.59 Å². The van der Waals surface area contributed by atoms with Crippen LogP contribution >= 0.6 is 0 Å².